The third-order valence-corrected chi connectivity index (χ3v) is 2.62. The lowest BCUT2D eigenvalue weighted by molar-refractivity contribution is 0.733. The molecule has 3 heterocycles. The van der Waals surface area contributed by atoms with E-state index in [0.29, 0.717) is 18.0 Å². The quantitative estimate of drug-likeness (QED) is 0.731. The molecule has 0 aliphatic heterocycles. The summed E-state index contributed by atoms with van der Waals surface area (Å²) in [4.78, 5) is 4.31. The van der Waals surface area contributed by atoms with Gasteiger partial charge in [-0.2, -0.15) is 0 Å². The highest BCUT2D eigenvalue weighted by Gasteiger charge is 2.02. The highest BCUT2D eigenvalue weighted by atomic mass is 15.6. The fourth-order valence-corrected chi connectivity index (χ4v) is 1.62. The number of hydrogen-bond acceptors (Lipinski definition) is 6. The summed E-state index contributed by atoms with van der Waals surface area (Å²) in [6.07, 6.45) is 1.78. The number of hydrogen-bond donors (Lipinski definition) is 1. The zero-order valence-corrected chi connectivity index (χ0v) is 9.78. The molecule has 0 spiro atoms. The number of fused-ring (bicyclic) bond motifs is 1. The molecule has 3 aromatic rings. The summed E-state index contributed by atoms with van der Waals surface area (Å²) in [5, 5.41) is 18.5. The van der Waals surface area contributed by atoms with Gasteiger partial charge < -0.3 is 5.32 Å². The Hall–Kier alpha value is -2.57. The molecular formula is C11H11N7. The number of rotatable bonds is 3. The molecule has 7 nitrogen and oxygen atoms in total. The van der Waals surface area contributed by atoms with Crippen LogP contribution >= 0.6 is 0 Å². The van der Waals surface area contributed by atoms with Gasteiger partial charge in [-0.3, -0.25) is 4.98 Å². The second kappa shape index (κ2) is 4.36. The molecule has 0 bridgehead atoms. The number of tetrazole rings is 1. The maximum absolute atomic E-state index is 4.31. The van der Waals surface area contributed by atoms with Crippen LogP contribution in [0.2, 0.25) is 0 Å². The van der Waals surface area contributed by atoms with E-state index in [9.17, 15) is 0 Å². The van der Waals surface area contributed by atoms with Crippen LogP contribution in [0.3, 0.4) is 0 Å². The van der Waals surface area contributed by atoms with Gasteiger partial charge in [0, 0.05) is 6.20 Å². The molecule has 0 atom stereocenters. The average molecular weight is 241 g/mol. The smallest absolute Gasteiger partial charge is 0.200 e. The largest absolute Gasteiger partial charge is 0.363 e. The third-order valence-electron chi connectivity index (χ3n) is 2.62. The van der Waals surface area contributed by atoms with Gasteiger partial charge in [0.1, 0.15) is 5.82 Å². The van der Waals surface area contributed by atoms with Crippen molar-refractivity contribution in [1.29, 1.82) is 0 Å². The van der Waals surface area contributed by atoms with Crippen molar-refractivity contribution in [2.45, 2.75) is 13.5 Å². The predicted octanol–water partition coefficient (Wildman–Crippen LogP) is 0.835. The van der Waals surface area contributed by atoms with Crippen molar-refractivity contribution in [2.75, 3.05) is 5.32 Å². The van der Waals surface area contributed by atoms with Gasteiger partial charge in [-0.05, 0) is 41.1 Å². The van der Waals surface area contributed by atoms with Crippen molar-refractivity contribution in [3.8, 4) is 0 Å². The summed E-state index contributed by atoms with van der Waals surface area (Å²) < 4.78 is 1.38. The summed E-state index contributed by atoms with van der Waals surface area (Å²) in [6.45, 7) is 2.65. The van der Waals surface area contributed by atoms with Crippen LogP contribution in [0.4, 0.5) is 5.82 Å². The molecule has 0 fully saturated rings. The second-order valence-electron chi connectivity index (χ2n) is 3.87. The van der Waals surface area contributed by atoms with Crippen LogP contribution in [0.25, 0.3) is 5.65 Å². The zero-order valence-electron chi connectivity index (χ0n) is 9.78. The lowest BCUT2D eigenvalue weighted by Crippen LogP contribution is -2.07. The molecule has 90 valence electrons. The van der Waals surface area contributed by atoms with Crippen LogP contribution in [0.1, 0.15) is 11.3 Å². The number of nitrogens with zero attached hydrogens (tertiary/aromatic N) is 6. The highest BCUT2D eigenvalue weighted by Crippen LogP contribution is 2.08. The minimum atomic E-state index is 0.618. The molecule has 0 unspecified atom stereocenters. The van der Waals surface area contributed by atoms with Gasteiger partial charge in [-0.25, -0.2) is 0 Å². The number of nitrogens with one attached hydrogen (secondary N) is 1. The van der Waals surface area contributed by atoms with Gasteiger partial charge in [0.25, 0.3) is 0 Å². The van der Waals surface area contributed by atoms with Crippen LogP contribution in [0.5, 0.6) is 0 Å². The third kappa shape index (κ3) is 1.97. The molecule has 1 N–H and O–H groups in total. The summed E-state index contributed by atoms with van der Waals surface area (Å²) in [5.74, 6) is 0.708. The Balaban J connectivity index is 1.78. The van der Waals surface area contributed by atoms with Crippen molar-refractivity contribution in [1.82, 2.24) is 30.2 Å². The highest BCUT2D eigenvalue weighted by molar-refractivity contribution is 5.42. The molecule has 3 aromatic heterocycles. The van der Waals surface area contributed by atoms with Gasteiger partial charge in [0.05, 0.1) is 12.2 Å². The maximum Gasteiger partial charge on any atom is 0.200 e. The monoisotopic (exact) mass is 241 g/mol. The first kappa shape index (κ1) is 10.6. The topological polar surface area (TPSA) is 80.9 Å². The molecule has 0 aliphatic carbocycles. The normalized spacial score (nSPS) is 10.7. The van der Waals surface area contributed by atoms with Gasteiger partial charge in [0.15, 0.2) is 5.65 Å². The molecule has 0 aliphatic rings. The summed E-state index contributed by atoms with van der Waals surface area (Å²) >= 11 is 0. The van der Waals surface area contributed by atoms with Gasteiger partial charge >= 0.3 is 0 Å². The standard InChI is InChI=1S/C11H11N7/c1-8-3-2-6-12-9(8)7-13-10-4-5-11-14-16-17-18(11)15-10/h2-6H,7H2,1H3,(H,13,15). The van der Waals surface area contributed by atoms with E-state index in [2.05, 4.69) is 30.9 Å². The molecule has 0 radical (unpaired) electrons. The molecule has 0 aromatic carbocycles. The van der Waals surface area contributed by atoms with Crippen LogP contribution in [-0.2, 0) is 6.54 Å². The maximum atomic E-state index is 4.31. The summed E-state index contributed by atoms with van der Waals surface area (Å²) in [5.41, 5.74) is 2.76. The van der Waals surface area contributed by atoms with Gasteiger partial charge in [0.2, 0.25) is 0 Å². The zero-order chi connectivity index (χ0) is 12.4. The Morgan fingerprint density at radius 1 is 1.28 bits per heavy atom. The van der Waals surface area contributed by atoms with Gasteiger partial charge in [-0.15, -0.1) is 14.8 Å². The first-order valence-corrected chi connectivity index (χ1v) is 5.53. The van der Waals surface area contributed by atoms with E-state index in [4.69, 9.17) is 0 Å². The van der Waals surface area contributed by atoms with E-state index >= 15 is 0 Å². The van der Waals surface area contributed by atoms with Crippen LogP contribution in [0, 0.1) is 6.92 Å². The second-order valence-corrected chi connectivity index (χ2v) is 3.87. The molecule has 0 saturated carbocycles. The average Bonchev–Trinajstić information content (AvgIpc) is 2.85. The van der Waals surface area contributed by atoms with Gasteiger partial charge in [-0.1, -0.05) is 6.07 Å². The first-order chi connectivity index (χ1) is 8.83. The van der Waals surface area contributed by atoms with E-state index in [0.717, 1.165) is 11.3 Å². The van der Waals surface area contributed by atoms with Crippen molar-refractivity contribution < 1.29 is 0 Å². The Morgan fingerprint density at radius 3 is 3.11 bits per heavy atom. The Labute approximate surface area is 103 Å². The van der Waals surface area contributed by atoms with Crippen LogP contribution in [-0.4, -0.2) is 30.2 Å². The fourth-order valence-electron chi connectivity index (χ4n) is 1.62. The molecule has 3 rings (SSSR count). The minimum Gasteiger partial charge on any atom is -0.363 e. The summed E-state index contributed by atoms with van der Waals surface area (Å²) in [7, 11) is 0. The van der Waals surface area contributed by atoms with E-state index in [1.165, 1.54) is 4.63 Å². The number of pyridine rings is 1. The summed E-state index contributed by atoms with van der Waals surface area (Å²) in [6, 6.07) is 7.59. The SMILES string of the molecule is Cc1cccnc1CNc1ccc2nnnn2n1. The lowest BCUT2D eigenvalue weighted by Gasteiger charge is -2.06. The van der Waals surface area contributed by atoms with Crippen molar-refractivity contribution in [3.63, 3.8) is 0 Å². The van der Waals surface area contributed by atoms with E-state index < -0.39 is 0 Å². The first-order valence-electron chi connectivity index (χ1n) is 5.53. The van der Waals surface area contributed by atoms with E-state index in [1.807, 2.05) is 25.1 Å². The van der Waals surface area contributed by atoms with Crippen molar-refractivity contribution in [3.05, 3.63) is 41.7 Å². The van der Waals surface area contributed by atoms with Crippen molar-refractivity contribution in [2.24, 2.45) is 0 Å². The van der Waals surface area contributed by atoms with E-state index in [1.54, 1.807) is 12.3 Å². The fraction of sp³-hybridized carbons (Fsp3) is 0.182. The number of aryl methyl sites for hydroxylation is 1. The molecule has 18 heavy (non-hydrogen) atoms. The van der Waals surface area contributed by atoms with Crippen molar-refractivity contribution >= 4 is 11.5 Å². The Morgan fingerprint density at radius 2 is 2.22 bits per heavy atom. The molecular weight excluding hydrogens is 230 g/mol. The Bertz CT molecular complexity index is 676. The Kier molecular flexibility index (Phi) is 2.56. The molecule has 7 heteroatoms. The molecule has 0 amide bonds. The lowest BCUT2D eigenvalue weighted by atomic mass is 10.2. The van der Waals surface area contributed by atoms with E-state index in [-0.39, 0.29) is 0 Å². The predicted molar refractivity (Wildman–Crippen MR) is 64.9 cm³/mol. The number of aromatic nitrogens is 6. The van der Waals surface area contributed by atoms with Crippen LogP contribution < -0.4 is 5.32 Å². The molecule has 0 saturated heterocycles. The van der Waals surface area contributed by atoms with Crippen LogP contribution in [0.15, 0.2) is 30.5 Å². The minimum absolute atomic E-state index is 0.618. The number of anilines is 1.